The molecule has 2 heterocycles. The van der Waals surface area contributed by atoms with Crippen molar-refractivity contribution in [2.45, 2.75) is 139 Å². The molecule has 2 saturated heterocycles. The highest BCUT2D eigenvalue weighted by molar-refractivity contribution is 5.96. The van der Waals surface area contributed by atoms with Gasteiger partial charge >= 0.3 is 29.8 Å². The van der Waals surface area contributed by atoms with Crippen molar-refractivity contribution in [2.24, 2.45) is 16.7 Å². The van der Waals surface area contributed by atoms with Crippen molar-refractivity contribution in [1.29, 1.82) is 0 Å². The van der Waals surface area contributed by atoms with Gasteiger partial charge in [0.1, 0.15) is 61.0 Å². The van der Waals surface area contributed by atoms with Gasteiger partial charge in [-0.2, -0.15) is 0 Å². The molecule has 77 heavy (non-hydrogen) atoms. The lowest BCUT2D eigenvalue weighted by Crippen LogP contribution is -2.82. The molecular formula is C55H63NO21. The van der Waals surface area contributed by atoms with Gasteiger partial charge in [0.05, 0.1) is 36.2 Å². The Morgan fingerprint density at radius 3 is 1.97 bits per heavy atom. The number of esters is 5. The third kappa shape index (κ3) is 10.3. The fourth-order valence-electron chi connectivity index (χ4n) is 11.9. The van der Waals surface area contributed by atoms with Crippen molar-refractivity contribution >= 4 is 41.5 Å². The molecule has 0 radical (unpaired) electrons. The van der Waals surface area contributed by atoms with Crippen LogP contribution in [0, 0.1) is 16.7 Å². The van der Waals surface area contributed by atoms with E-state index in [0.717, 1.165) is 13.8 Å². The Morgan fingerprint density at radius 1 is 0.792 bits per heavy atom. The molecular weight excluding hydrogens is 1010 g/mol. The summed E-state index contributed by atoms with van der Waals surface area (Å²) in [6.45, 7) is 5.51. The number of benzene rings is 3. The van der Waals surface area contributed by atoms with Gasteiger partial charge in [0.15, 0.2) is 29.9 Å². The van der Waals surface area contributed by atoms with Gasteiger partial charge in [-0.15, -0.1) is 0 Å². The number of aliphatic hydroxyl groups excluding tert-OH is 5. The number of amides is 1. The molecule has 8 rings (SSSR count). The number of Topliss-reactive ketones (excluding diaryl/α,β-unsaturated/α-hetero) is 1. The van der Waals surface area contributed by atoms with E-state index < -0.39 is 176 Å². The first-order valence-electron chi connectivity index (χ1n) is 25.0. The lowest BCUT2D eigenvalue weighted by atomic mass is 9.44. The molecule has 4 fully saturated rings. The zero-order valence-corrected chi connectivity index (χ0v) is 43.0. The fourth-order valence-corrected chi connectivity index (χ4v) is 11.9. The predicted octanol–water partition coefficient (Wildman–Crippen LogP) is 1.10. The normalized spacial score (nSPS) is 33.9. The molecule has 7 N–H and O–H groups in total. The topological polar surface area (TPSA) is 327 Å². The van der Waals surface area contributed by atoms with Gasteiger partial charge in [-0.3, -0.25) is 19.2 Å². The third-order valence-corrected chi connectivity index (χ3v) is 15.9. The lowest BCUT2D eigenvalue weighted by molar-refractivity contribution is -0.347. The first-order chi connectivity index (χ1) is 36.4. The SMILES string of the molecule is CC(=O)O[C@H]1C(=O)[C@@]2(C)C([C@H](OC(=O)c3ccccc3)[C@]3(O)C[C@H](OC(=O)[C@H](O)[C@@H](NC(=O)c4ccccc4)c4ccccc4)C(C)=C1C3(C)C)[C@]1(OC(C)=O)COC1C[C@@H]2OC(=O)COC1O[C@H](CO)[C@@H](O)[C@H](O)[C@H]1O. The van der Waals surface area contributed by atoms with Gasteiger partial charge < -0.3 is 73.9 Å². The molecule has 3 unspecified atom stereocenters. The van der Waals surface area contributed by atoms with Gasteiger partial charge in [-0.05, 0) is 54.8 Å². The second kappa shape index (κ2) is 22.1. The van der Waals surface area contributed by atoms with Crippen LogP contribution in [0.3, 0.4) is 0 Å². The zero-order valence-electron chi connectivity index (χ0n) is 43.0. The van der Waals surface area contributed by atoms with Gasteiger partial charge in [-0.1, -0.05) is 80.6 Å². The molecule has 3 aromatic rings. The van der Waals surface area contributed by atoms with Crippen LogP contribution in [0.15, 0.2) is 102 Å². The summed E-state index contributed by atoms with van der Waals surface area (Å²) in [5, 5.41) is 69.7. The minimum atomic E-state index is -2.58. The van der Waals surface area contributed by atoms with E-state index in [2.05, 4.69) is 5.32 Å². The minimum Gasteiger partial charge on any atom is -0.459 e. The molecule has 0 aromatic heterocycles. The molecule has 1 amide bonds. The Balaban J connectivity index is 1.26. The molecule has 5 aliphatic rings. The molecule has 2 bridgehead atoms. The summed E-state index contributed by atoms with van der Waals surface area (Å²) in [7, 11) is 0. The maximum atomic E-state index is 16.3. The predicted molar refractivity (Wildman–Crippen MR) is 261 cm³/mol. The molecule has 3 aliphatic carbocycles. The van der Waals surface area contributed by atoms with E-state index in [0.29, 0.717) is 5.56 Å². The number of ketones is 1. The van der Waals surface area contributed by atoms with Crippen LogP contribution in [-0.4, -0.2) is 171 Å². The number of carbonyl (C=O) groups excluding carboxylic acids is 7. The number of ether oxygens (including phenoxy) is 8. The molecule has 16 atom stereocenters. The minimum absolute atomic E-state index is 0.0350. The molecule has 0 spiro atoms. The van der Waals surface area contributed by atoms with Gasteiger partial charge in [0.25, 0.3) is 5.91 Å². The molecule has 3 aromatic carbocycles. The number of carbonyl (C=O) groups is 7. The Kier molecular flexibility index (Phi) is 16.3. The van der Waals surface area contributed by atoms with E-state index in [9.17, 15) is 59.4 Å². The summed E-state index contributed by atoms with van der Waals surface area (Å²) >= 11 is 0. The van der Waals surface area contributed by atoms with Crippen LogP contribution in [-0.2, 0) is 61.9 Å². The van der Waals surface area contributed by atoms with Gasteiger partial charge in [-0.25, -0.2) is 14.4 Å². The molecule has 2 aliphatic heterocycles. The highest BCUT2D eigenvalue weighted by Gasteiger charge is 2.79. The molecule has 22 heteroatoms. The zero-order chi connectivity index (χ0) is 55.9. The van der Waals surface area contributed by atoms with E-state index in [1.807, 2.05) is 0 Å². The Labute approximate surface area is 442 Å². The summed E-state index contributed by atoms with van der Waals surface area (Å²) in [5.41, 5.74) is -8.35. The van der Waals surface area contributed by atoms with E-state index in [1.54, 1.807) is 66.7 Å². The first-order valence-corrected chi connectivity index (χ1v) is 25.0. The number of hydrogen-bond donors (Lipinski definition) is 7. The van der Waals surface area contributed by atoms with Gasteiger partial charge in [0.2, 0.25) is 0 Å². The number of aliphatic hydroxyl groups is 6. The highest BCUT2D eigenvalue weighted by Crippen LogP contribution is 2.65. The van der Waals surface area contributed by atoms with Crippen molar-refractivity contribution in [3.8, 4) is 0 Å². The maximum Gasteiger partial charge on any atom is 0.338 e. The second-order valence-electron chi connectivity index (χ2n) is 20.8. The van der Waals surface area contributed by atoms with Crippen molar-refractivity contribution in [3.63, 3.8) is 0 Å². The Bertz CT molecular complexity index is 2750. The summed E-state index contributed by atoms with van der Waals surface area (Å²) < 4.78 is 47.8. The molecule has 414 valence electrons. The monoisotopic (exact) mass is 1070 g/mol. The smallest absolute Gasteiger partial charge is 0.338 e. The van der Waals surface area contributed by atoms with Crippen LogP contribution in [0.25, 0.3) is 0 Å². The van der Waals surface area contributed by atoms with E-state index >= 15 is 4.79 Å². The quantitative estimate of drug-likeness (QED) is 0.0637. The average molecular weight is 1070 g/mol. The van der Waals surface area contributed by atoms with Crippen molar-refractivity contribution < 1.29 is 102 Å². The van der Waals surface area contributed by atoms with Gasteiger partial charge in [0, 0.05) is 37.7 Å². The van der Waals surface area contributed by atoms with E-state index in [1.165, 1.54) is 52.0 Å². The second-order valence-corrected chi connectivity index (χ2v) is 20.8. The molecule has 2 saturated carbocycles. The fraction of sp³-hybridized carbons (Fsp3) is 0.509. The molecule has 22 nitrogen and oxygen atoms in total. The number of hydrogen-bond acceptors (Lipinski definition) is 21. The van der Waals surface area contributed by atoms with E-state index in [4.69, 9.17) is 37.9 Å². The summed E-state index contributed by atoms with van der Waals surface area (Å²) in [6.07, 6.45) is -20.6. The number of fused-ring (bicyclic) bond motifs is 5. The van der Waals surface area contributed by atoms with Crippen LogP contribution in [0.4, 0.5) is 0 Å². The summed E-state index contributed by atoms with van der Waals surface area (Å²) in [5.74, 6) is -8.96. The summed E-state index contributed by atoms with van der Waals surface area (Å²) in [6, 6.07) is 22.2. The van der Waals surface area contributed by atoms with E-state index in [-0.39, 0.29) is 22.3 Å². The maximum absolute atomic E-state index is 16.3. The third-order valence-electron chi connectivity index (χ3n) is 15.9. The average Bonchev–Trinajstić information content (AvgIpc) is 3.45. The Morgan fingerprint density at radius 2 is 1.40 bits per heavy atom. The highest BCUT2D eigenvalue weighted by atomic mass is 16.7. The number of rotatable bonds is 15. The van der Waals surface area contributed by atoms with Crippen LogP contribution < -0.4 is 5.32 Å². The van der Waals surface area contributed by atoms with Crippen molar-refractivity contribution in [2.75, 3.05) is 19.8 Å². The largest absolute Gasteiger partial charge is 0.459 e. The van der Waals surface area contributed by atoms with Crippen LogP contribution in [0.2, 0.25) is 0 Å². The lowest BCUT2D eigenvalue weighted by Gasteiger charge is -2.67. The van der Waals surface area contributed by atoms with Crippen molar-refractivity contribution in [1.82, 2.24) is 5.32 Å². The number of nitrogens with one attached hydrogen (secondary N) is 1. The van der Waals surface area contributed by atoms with Crippen LogP contribution in [0.1, 0.15) is 86.7 Å². The standard InChI is InChI=1S/C55H63NO21/c1-27-33(73-50(68)41(62)39(30-16-10-7-11-17-30)56-48(66)31-18-12-8-13-19-31)23-55(69)47(76-49(67)32-20-14-9-15-21-32)45-53(6,46(65)44(72-28(2)58)38(27)52(55,4)5)35(22-36-54(45,26-71-36)77-29(3)59)75-37(60)25-70-51-43(64)42(63)40(61)34(24-57)74-51/h7-21,33-36,39-45,47,51,57,61-64,69H,22-26H2,1-6H3,(H,56,66)/t33-,34+,35-,36?,39-,40+,41+,42-,43+,44+,45?,47-,51?,53+,54-,55+/m0/s1. The Hall–Kier alpha value is -6.47. The van der Waals surface area contributed by atoms with Crippen LogP contribution >= 0.6 is 0 Å². The van der Waals surface area contributed by atoms with Crippen molar-refractivity contribution in [3.05, 3.63) is 119 Å². The van der Waals surface area contributed by atoms with Crippen LogP contribution in [0.5, 0.6) is 0 Å². The summed E-state index contributed by atoms with van der Waals surface area (Å²) in [4.78, 5) is 99.9. The first kappa shape index (κ1) is 56.7.